The Balaban J connectivity index is 1.41. The van der Waals surface area contributed by atoms with Crippen LogP contribution in [-0.2, 0) is 23.7 Å². The molecule has 3 aliphatic heterocycles. The average Bonchev–Trinajstić information content (AvgIpc) is 2.94. The largest absolute Gasteiger partial charge is 0.394 e. The van der Waals surface area contributed by atoms with Gasteiger partial charge in [0.15, 0.2) is 18.9 Å². The van der Waals surface area contributed by atoms with E-state index in [0.29, 0.717) is 19.5 Å². The Bertz CT molecular complexity index is 820. The fraction of sp³-hybridized carbons (Fsp3) is 1.00. The summed E-state index contributed by atoms with van der Waals surface area (Å²) in [5.74, 6) is 0. The summed E-state index contributed by atoms with van der Waals surface area (Å²) in [6.07, 6.45) is -12.9. The second-order valence-electron chi connectivity index (χ2n) is 11.3. The monoisotopic (exact) mass is 596 g/mol. The highest BCUT2D eigenvalue weighted by atomic mass is 16.8. The van der Waals surface area contributed by atoms with E-state index in [1.807, 2.05) is 0 Å². The topological polar surface area (TPSA) is 296 Å². The molecule has 17 nitrogen and oxygen atoms in total. The molecule has 9 unspecified atom stereocenters. The molecule has 0 aromatic rings. The Labute approximate surface area is 238 Å². The molecule has 17 atom stereocenters. The minimum absolute atomic E-state index is 0.159. The molecule has 0 radical (unpaired) electrons. The number of rotatable bonds is 10. The molecule has 240 valence electrons. The SMILES string of the molecule is CNC1C(O[C@H]2OC(CO)[C@@H](NCCCN)[C@H](O)C2O)O[C@H]2CC(N)[C@@H](O[C@@H]3C(N)C[C@@H](N)C(O)[C@H]3O)OC2C1O. The summed E-state index contributed by atoms with van der Waals surface area (Å²) >= 11 is 0. The molecule has 0 aromatic carbocycles. The van der Waals surface area contributed by atoms with Gasteiger partial charge in [-0.1, -0.05) is 0 Å². The van der Waals surface area contributed by atoms with Gasteiger partial charge >= 0.3 is 0 Å². The molecular formula is C24H48N6O11. The maximum atomic E-state index is 11.2. The van der Waals surface area contributed by atoms with Crippen LogP contribution >= 0.6 is 0 Å². The van der Waals surface area contributed by atoms with Crippen molar-refractivity contribution in [2.45, 2.75) is 123 Å². The summed E-state index contributed by atoms with van der Waals surface area (Å²) < 4.78 is 29.7. The predicted octanol–water partition coefficient (Wildman–Crippen LogP) is -6.97. The first-order valence-electron chi connectivity index (χ1n) is 14.2. The zero-order valence-corrected chi connectivity index (χ0v) is 23.1. The van der Waals surface area contributed by atoms with Gasteiger partial charge in [-0.05, 0) is 39.4 Å². The predicted molar refractivity (Wildman–Crippen MR) is 141 cm³/mol. The van der Waals surface area contributed by atoms with E-state index in [2.05, 4.69) is 10.6 Å². The summed E-state index contributed by atoms with van der Waals surface area (Å²) in [5.41, 5.74) is 23.8. The highest BCUT2D eigenvalue weighted by Gasteiger charge is 2.54. The number of aliphatic hydroxyl groups excluding tert-OH is 6. The Hall–Kier alpha value is -0.680. The number of hydrogen-bond acceptors (Lipinski definition) is 17. The van der Waals surface area contributed by atoms with Crippen molar-refractivity contribution in [2.75, 3.05) is 26.7 Å². The van der Waals surface area contributed by atoms with E-state index < -0.39 is 111 Å². The van der Waals surface area contributed by atoms with E-state index in [-0.39, 0.29) is 12.8 Å². The normalized spacial score (nSPS) is 50.9. The van der Waals surface area contributed by atoms with Crippen molar-refractivity contribution in [2.24, 2.45) is 22.9 Å². The van der Waals surface area contributed by atoms with Crippen LogP contribution in [0.4, 0.5) is 0 Å². The fourth-order valence-corrected chi connectivity index (χ4v) is 6.05. The lowest BCUT2D eigenvalue weighted by molar-refractivity contribution is -0.373. The Morgan fingerprint density at radius 2 is 1.49 bits per heavy atom. The number of likely N-dealkylation sites (N-methyl/N-ethyl adjacent to an activating group) is 1. The third kappa shape index (κ3) is 7.02. The molecule has 0 spiro atoms. The van der Waals surface area contributed by atoms with E-state index in [0.717, 1.165) is 0 Å². The minimum Gasteiger partial charge on any atom is -0.394 e. The van der Waals surface area contributed by atoms with Crippen LogP contribution < -0.4 is 33.6 Å². The molecule has 0 bridgehead atoms. The molecule has 1 saturated carbocycles. The van der Waals surface area contributed by atoms with Crippen LogP contribution in [0.25, 0.3) is 0 Å². The number of aliphatic hydroxyl groups is 6. The van der Waals surface area contributed by atoms with Crippen LogP contribution in [0.1, 0.15) is 19.3 Å². The summed E-state index contributed by atoms with van der Waals surface area (Å²) in [6, 6.07) is -3.79. The molecule has 3 saturated heterocycles. The fourth-order valence-electron chi connectivity index (χ4n) is 6.05. The quantitative estimate of drug-likeness (QED) is 0.104. The zero-order valence-electron chi connectivity index (χ0n) is 23.1. The van der Waals surface area contributed by atoms with Crippen molar-refractivity contribution in [3.05, 3.63) is 0 Å². The first kappa shape index (κ1) is 33.2. The number of hydrogen-bond donors (Lipinski definition) is 12. The van der Waals surface area contributed by atoms with E-state index >= 15 is 0 Å². The minimum atomic E-state index is -1.50. The maximum Gasteiger partial charge on any atom is 0.189 e. The second kappa shape index (κ2) is 14.4. The Morgan fingerprint density at radius 1 is 0.756 bits per heavy atom. The molecule has 4 aliphatic rings. The van der Waals surface area contributed by atoms with Crippen molar-refractivity contribution in [3.63, 3.8) is 0 Å². The molecule has 0 amide bonds. The highest BCUT2D eigenvalue weighted by Crippen LogP contribution is 2.35. The number of nitrogens with one attached hydrogen (secondary N) is 2. The molecule has 3 heterocycles. The van der Waals surface area contributed by atoms with Crippen molar-refractivity contribution >= 4 is 0 Å². The number of ether oxygens (including phenoxy) is 5. The third-order valence-corrected chi connectivity index (χ3v) is 8.45. The first-order chi connectivity index (χ1) is 19.5. The maximum absolute atomic E-state index is 11.2. The smallest absolute Gasteiger partial charge is 0.189 e. The molecule has 1 aliphatic carbocycles. The summed E-state index contributed by atoms with van der Waals surface area (Å²) in [4.78, 5) is 0. The molecule has 17 heteroatoms. The molecular weight excluding hydrogens is 548 g/mol. The van der Waals surface area contributed by atoms with Crippen molar-refractivity contribution < 1.29 is 54.3 Å². The average molecular weight is 597 g/mol. The lowest BCUT2D eigenvalue weighted by Crippen LogP contribution is -2.70. The highest BCUT2D eigenvalue weighted by molar-refractivity contribution is 5.02. The summed E-state index contributed by atoms with van der Waals surface area (Å²) in [6.45, 7) is 0.423. The summed E-state index contributed by atoms with van der Waals surface area (Å²) in [5, 5.41) is 69.3. The van der Waals surface area contributed by atoms with Gasteiger partial charge in [0.25, 0.3) is 0 Å². The molecule has 41 heavy (non-hydrogen) atoms. The first-order valence-corrected chi connectivity index (χ1v) is 14.2. The van der Waals surface area contributed by atoms with Crippen LogP contribution in [0.5, 0.6) is 0 Å². The van der Waals surface area contributed by atoms with Gasteiger partial charge in [0.2, 0.25) is 0 Å². The van der Waals surface area contributed by atoms with Crippen LogP contribution in [-0.4, -0.2) is 161 Å². The van der Waals surface area contributed by atoms with Crippen molar-refractivity contribution in [1.82, 2.24) is 10.6 Å². The van der Waals surface area contributed by atoms with Crippen LogP contribution in [0.15, 0.2) is 0 Å². The molecule has 4 fully saturated rings. The van der Waals surface area contributed by atoms with Gasteiger partial charge in [-0.3, -0.25) is 0 Å². The van der Waals surface area contributed by atoms with Gasteiger partial charge in [-0.2, -0.15) is 0 Å². The standard InChI is InChI=1S/C24H48N6O11/c1-29-14-17(34)21-11(6-10(28)22(40-21)39-20-9(27)5-8(26)15(32)18(20)35)37-23(14)41-24-19(36)16(33)13(12(7-31)38-24)30-4-2-3-25/h8-24,29-36H,2-7,25-28H2,1H3/t8-,9?,10?,11+,12?,13-,14?,15?,16+,17?,18-,19?,20-,21?,22+,23?,24-/m1/s1. The van der Waals surface area contributed by atoms with Crippen molar-refractivity contribution in [1.29, 1.82) is 0 Å². The van der Waals surface area contributed by atoms with Gasteiger partial charge in [0.05, 0.1) is 36.9 Å². The van der Waals surface area contributed by atoms with E-state index in [1.165, 1.54) is 0 Å². The zero-order chi connectivity index (χ0) is 30.0. The van der Waals surface area contributed by atoms with Crippen molar-refractivity contribution in [3.8, 4) is 0 Å². The number of fused-ring (bicyclic) bond motifs is 1. The van der Waals surface area contributed by atoms with Gasteiger partial charge in [0.1, 0.15) is 42.7 Å². The number of nitrogens with two attached hydrogens (primary N) is 4. The second-order valence-corrected chi connectivity index (χ2v) is 11.3. The van der Waals surface area contributed by atoms with Crippen LogP contribution in [0.3, 0.4) is 0 Å². The van der Waals surface area contributed by atoms with Gasteiger partial charge in [-0.25, -0.2) is 0 Å². The molecule has 16 N–H and O–H groups in total. The third-order valence-electron chi connectivity index (χ3n) is 8.45. The molecule has 4 rings (SSSR count). The van der Waals surface area contributed by atoms with Gasteiger partial charge in [-0.15, -0.1) is 0 Å². The van der Waals surface area contributed by atoms with E-state index in [9.17, 15) is 30.6 Å². The molecule has 0 aromatic heterocycles. The van der Waals surface area contributed by atoms with Gasteiger partial charge in [0, 0.05) is 12.1 Å². The van der Waals surface area contributed by atoms with E-state index in [1.54, 1.807) is 7.05 Å². The van der Waals surface area contributed by atoms with Crippen LogP contribution in [0, 0.1) is 0 Å². The van der Waals surface area contributed by atoms with E-state index in [4.69, 9.17) is 46.6 Å². The Morgan fingerprint density at radius 3 is 2.15 bits per heavy atom. The Kier molecular flexibility index (Phi) is 11.7. The lowest BCUT2D eigenvalue weighted by atomic mass is 9.84. The van der Waals surface area contributed by atoms with Crippen LogP contribution in [0.2, 0.25) is 0 Å². The van der Waals surface area contributed by atoms with Gasteiger partial charge < -0.3 is 87.9 Å². The lowest BCUT2D eigenvalue weighted by Gasteiger charge is -2.51. The summed E-state index contributed by atoms with van der Waals surface area (Å²) in [7, 11) is 1.57.